The van der Waals surface area contributed by atoms with E-state index in [-0.39, 0.29) is 17.1 Å². The van der Waals surface area contributed by atoms with Crippen LogP contribution in [0.3, 0.4) is 0 Å². The van der Waals surface area contributed by atoms with Gasteiger partial charge in [0.25, 0.3) is 5.56 Å². The van der Waals surface area contributed by atoms with Crippen LogP contribution in [0.2, 0.25) is 0 Å². The number of rotatable bonds is 4. The van der Waals surface area contributed by atoms with Crippen LogP contribution in [0, 0.1) is 11.8 Å². The Bertz CT molecular complexity index is 1390. The molecule has 0 bridgehead atoms. The summed E-state index contributed by atoms with van der Waals surface area (Å²) in [4.78, 5) is 25.7. The summed E-state index contributed by atoms with van der Waals surface area (Å²) >= 11 is 0. The van der Waals surface area contributed by atoms with Crippen molar-refractivity contribution in [2.75, 3.05) is 18.0 Å². The molecule has 1 unspecified atom stereocenters. The molecule has 2 aromatic heterocycles. The Morgan fingerprint density at radius 2 is 2.09 bits per heavy atom. The maximum absolute atomic E-state index is 13.7. The van der Waals surface area contributed by atoms with Gasteiger partial charge in [-0.3, -0.25) is 14.4 Å². The van der Waals surface area contributed by atoms with E-state index in [0.717, 1.165) is 43.0 Å². The van der Waals surface area contributed by atoms with E-state index in [4.69, 9.17) is 15.7 Å². The van der Waals surface area contributed by atoms with Crippen LogP contribution < -0.4 is 16.2 Å². The molecule has 8 nitrogen and oxygen atoms in total. The van der Waals surface area contributed by atoms with Gasteiger partial charge in [-0.1, -0.05) is 30.2 Å². The minimum absolute atomic E-state index is 0.0989. The van der Waals surface area contributed by atoms with Crippen LogP contribution in [0.5, 0.6) is 0 Å². The first-order chi connectivity index (χ1) is 16.4. The van der Waals surface area contributed by atoms with Gasteiger partial charge >= 0.3 is 0 Å². The van der Waals surface area contributed by atoms with Crippen LogP contribution >= 0.6 is 0 Å². The van der Waals surface area contributed by atoms with Gasteiger partial charge in [0.1, 0.15) is 11.0 Å². The van der Waals surface area contributed by atoms with Crippen molar-refractivity contribution < 1.29 is 0 Å². The Morgan fingerprint density at radius 3 is 2.88 bits per heavy atom. The standard InChI is InChI=1S/C26H31N7O/c1-4-5-13-32-23-21(29-25(32)31-12-8-10-19(27)16-31)15-28-33(24(23)34)17-22-20-11-7-6-9-18(20)14-26(2,3)30-22/h6-7,9,11,15,19H,8,10,12-14,16-17,27H2,1-3H3. The van der Waals surface area contributed by atoms with Gasteiger partial charge < -0.3 is 10.6 Å². The molecule has 0 spiro atoms. The number of aliphatic imine (C=N–C) groups is 1. The van der Waals surface area contributed by atoms with Gasteiger partial charge in [0.2, 0.25) is 5.95 Å². The molecule has 1 aromatic carbocycles. The summed E-state index contributed by atoms with van der Waals surface area (Å²) in [7, 11) is 0. The number of nitrogens with zero attached hydrogens (tertiary/aromatic N) is 6. The number of piperidine rings is 1. The molecule has 5 rings (SSSR count). The molecular weight excluding hydrogens is 426 g/mol. The fourth-order valence-electron chi connectivity index (χ4n) is 5.08. The van der Waals surface area contributed by atoms with Crippen molar-refractivity contribution in [3.05, 3.63) is 51.9 Å². The number of hydrogen-bond acceptors (Lipinski definition) is 6. The molecule has 4 heterocycles. The molecule has 2 aliphatic heterocycles. The minimum atomic E-state index is -0.226. The van der Waals surface area contributed by atoms with E-state index in [2.05, 4.69) is 53.9 Å². The van der Waals surface area contributed by atoms with Crippen LogP contribution in [-0.4, -0.2) is 49.7 Å². The Labute approximate surface area is 199 Å². The first kappa shape index (κ1) is 22.4. The number of imidazole rings is 1. The number of anilines is 1. The number of fused-ring (bicyclic) bond motifs is 2. The molecule has 34 heavy (non-hydrogen) atoms. The summed E-state index contributed by atoms with van der Waals surface area (Å²) in [5.41, 5.74) is 10.1. The van der Waals surface area contributed by atoms with Crippen molar-refractivity contribution in [2.45, 2.75) is 64.7 Å². The zero-order valence-electron chi connectivity index (χ0n) is 20.1. The fraction of sp³-hybridized carbons (Fsp3) is 0.462. The van der Waals surface area contributed by atoms with Gasteiger partial charge in [0, 0.05) is 24.7 Å². The second-order valence-corrected chi connectivity index (χ2v) is 9.82. The third-order valence-corrected chi connectivity index (χ3v) is 6.57. The lowest BCUT2D eigenvalue weighted by Crippen LogP contribution is -2.44. The molecule has 8 heteroatoms. The number of benzene rings is 1. The SMILES string of the molecule is CC#CCn1c(N2CCCC(N)C2)nc2cnn(CC3=NC(C)(C)Cc4ccccc43)c(=O)c21. The molecule has 2 aliphatic rings. The first-order valence-corrected chi connectivity index (χ1v) is 11.9. The highest BCUT2D eigenvalue weighted by molar-refractivity contribution is 6.02. The van der Waals surface area contributed by atoms with Gasteiger partial charge in [0.05, 0.1) is 30.5 Å². The Balaban J connectivity index is 1.60. The molecule has 0 amide bonds. The van der Waals surface area contributed by atoms with Crippen molar-refractivity contribution in [3.8, 4) is 11.8 Å². The van der Waals surface area contributed by atoms with Gasteiger partial charge in [-0.15, -0.1) is 5.92 Å². The summed E-state index contributed by atoms with van der Waals surface area (Å²) in [6.45, 7) is 8.32. The number of aromatic nitrogens is 4. The molecular formula is C26H31N7O. The highest BCUT2D eigenvalue weighted by Crippen LogP contribution is 2.27. The van der Waals surface area contributed by atoms with E-state index in [1.807, 2.05) is 10.6 Å². The molecule has 0 aliphatic carbocycles. The topological polar surface area (TPSA) is 94.3 Å². The predicted octanol–water partition coefficient (Wildman–Crippen LogP) is 2.37. The maximum Gasteiger partial charge on any atom is 0.293 e. The van der Waals surface area contributed by atoms with Crippen molar-refractivity contribution in [1.82, 2.24) is 19.3 Å². The third kappa shape index (κ3) is 4.12. The van der Waals surface area contributed by atoms with Crippen LogP contribution in [-0.2, 0) is 19.5 Å². The molecule has 0 saturated carbocycles. The normalized spacial score (nSPS) is 19.4. The predicted molar refractivity (Wildman–Crippen MR) is 135 cm³/mol. The first-order valence-electron chi connectivity index (χ1n) is 11.9. The second-order valence-electron chi connectivity index (χ2n) is 9.82. The molecule has 176 valence electrons. The molecule has 1 saturated heterocycles. The van der Waals surface area contributed by atoms with E-state index in [0.29, 0.717) is 30.7 Å². The smallest absolute Gasteiger partial charge is 0.293 e. The lowest BCUT2D eigenvalue weighted by molar-refractivity contribution is 0.496. The Hall–Kier alpha value is -3.44. The second kappa shape index (κ2) is 8.73. The lowest BCUT2D eigenvalue weighted by Gasteiger charge is -2.31. The van der Waals surface area contributed by atoms with Gasteiger partial charge in [0.15, 0.2) is 0 Å². The van der Waals surface area contributed by atoms with Crippen molar-refractivity contribution in [2.24, 2.45) is 10.7 Å². The summed E-state index contributed by atoms with van der Waals surface area (Å²) in [6, 6.07) is 8.38. The lowest BCUT2D eigenvalue weighted by atomic mass is 9.87. The van der Waals surface area contributed by atoms with Crippen molar-refractivity contribution in [3.63, 3.8) is 0 Å². The largest absolute Gasteiger partial charge is 0.341 e. The summed E-state index contributed by atoms with van der Waals surface area (Å²) < 4.78 is 3.42. The van der Waals surface area contributed by atoms with Crippen LogP contribution in [0.1, 0.15) is 44.7 Å². The van der Waals surface area contributed by atoms with Gasteiger partial charge in [-0.05, 0) is 45.6 Å². The maximum atomic E-state index is 13.7. The number of hydrogen-bond donors (Lipinski definition) is 1. The Morgan fingerprint density at radius 1 is 1.26 bits per heavy atom. The van der Waals surface area contributed by atoms with E-state index >= 15 is 0 Å². The minimum Gasteiger partial charge on any atom is -0.341 e. The van der Waals surface area contributed by atoms with Crippen LogP contribution in [0.25, 0.3) is 11.0 Å². The molecule has 2 N–H and O–H groups in total. The number of nitrogens with two attached hydrogens (primary N) is 1. The molecule has 1 fully saturated rings. The fourth-order valence-corrected chi connectivity index (χ4v) is 5.08. The van der Waals surface area contributed by atoms with Crippen molar-refractivity contribution >= 4 is 22.7 Å². The average Bonchev–Trinajstić information content (AvgIpc) is 3.18. The van der Waals surface area contributed by atoms with Gasteiger partial charge in [-0.25, -0.2) is 9.67 Å². The zero-order valence-corrected chi connectivity index (χ0v) is 20.1. The van der Waals surface area contributed by atoms with E-state index in [1.165, 1.54) is 10.2 Å². The molecule has 3 aromatic rings. The zero-order chi connectivity index (χ0) is 23.9. The molecule has 0 radical (unpaired) electrons. The third-order valence-electron chi connectivity index (χ3n) is 6.57. The van der Waals surface area contributed by atoms with E-state index in [9.17, 15) is 4.79 Å². The quantitative estimate of drug-likeness (QED) is 0.607. The summed E-state index contributed by atoms with van der Waals surface area (Å²) in [6.07, 6.45) is 4.55. The van der Waals surface area contributed by atoms with Crippen LogP contribution in [0.15, 0.2) is 40.2 Å². The van der Waals surface area contributed by atoms with E-state index in [1.54, 1.807) is 13.1 Å². The highest BCUT2D eigenvalue weighted by Gasteiger charge is 2.28. The summed E-state index contributed by atoms with van der Waals surface area (Å²) in [5, 5.41) is 4.48. The summed E-state index contributed by atoms with van der Waals surface area (Å²) in [5.74, 6) is 6.79. The molecule has 1 atom stereocenters. The highest BCUT2D eigenvalue weighted by atomic mass is 16.1. The van der Waals surface area contributed by atoms with Crippen molar-refractivity contribution in [1.29, 1.82) is 0 Å². The van der Waals surface area contributed by atoms with Gasteiger partial charge in [-0.2, -0.15) is 5.10 Å². The average molecular weight is 458 g/mol. The van der Waals surface area contributed by atoms with E-state index < -0.39 is 0 Å². The monoisotopic (exact) mass is 457 g/mol. The van der Waals surface area contributed by atoms with Crippen LogP contribution in [0.4, 0.5) is 5.95 Å². The Kier molecular flexibility index (Phi) is 5.74.